The van der Waals surface area contributed by atoms with E-state index in [0.29, 0.717) is 16.4 Å². The highest BCUT2D eigenvalue weighted by molar-refractivity contribution is 6.33. The van der Waals surface area contributed by atoms with E-state index in [-0.39, 0.29) is 30.1 Å². The van der Waals surface area contributed by atoms with E-state index in [4.69, 9.17) is 22.1 Å². The van der Waals surface area contributed by atoms with Gasteiger partial charge in [-0.3, -0.25) is 14.3 Å². The van der Waals surface area contributed by atoms with Crippen LogP contribution < -0.4 is 11.3 Å². The number of aromatic amines is 1. The molecule has 1 aliphatic heterocycles. The minimum Gasteiger partial charge on any atom is -0.394 e. The average molecular weight is 378 g/mol. The van der Waals surface area contributed by atoms with Gasteiger partial charge in [-0.1, -0.05) is 23.7 Å². The van der Waals surface area contributed by atoms with E-state index in [9.17, 15) is 15.0 Å². The first kappa shape index (κ1) is 17.0. The summed E-state index contributed by atoms with van der Waals surface area (Å²) < 4.78 is 7.33. The van der Waals surface area contributed by atoms with Crippen LogP contribution in [-0.2, 0) is 4.74 Å². The number of H-pyrrole nitrogens is 1. The van der Waals surface area contributed by atoms with Gasteiger partial charge >= 0.3 is 0 Å². The summed E-state index contributed by atoms with van der Waals surface area (Å²) in [7, 11) is 0. The highest BCUT2D eigenvalue weighted by atomic mass is 35.5. The first-order valence-corrected chi connectivity index (χ1v) is 8.34. The monoisotopic (exact) mass is 377 g/mol. The Morgan fingerprint density at radius 3 is 2.85 bits per heavy atom. The Labute approximate surface area is 152 Å². The Bertz CT molecular complexity index is 1030. The lowest BCUT2D eigenvalue weighted by molar-refractivity contribution is -0.0426. The number of benzene rings is 1. The third-order valence-electron chi connectivity index (χ3n) is 4.36. The van der Waals surface area contributed by atoms with Crippen LogP contribution in [0.1, 0.15) is 12.6 Å². The van der Waals surface area contributed by atoms with Gasteiger partial charge in [-0.05, 0) is 12.1 Å². The summed E-state index contributed by atoms with van der Waals surface area (Å²) in [5.74, 6) is 0.302. The van der Waals surface area contributed by atoms with Crippen LogP contribution in [0.5, 0.6) is 0 Å². The molecule has 0 radical (unpaired) electrons. The number of anilines is 1. The maximum absolute atomic E-state index is 12.3. The molecule has 4 rings (SSSR count). The number of aliphatic hydroxyl groups excluding tert-OH is 2. The Hall–Kier alpha value is -2.46. The summed E-state index contributed by atoms with van der Waals surface area (Å²) in [6, 6.07) is 7.03. The molecule has 9 nitrogen and oxygen atoms in total. The van der Waals surface area contributed by atoms with Crippen LogP contribution in [0.25, 0.3) is 22.6 Å². The van der Waals surface area contributed by atoms with Gasteiger partial charge in [-0.15, -0.1) is 0 Å². The molecule has 2 aromatic heterocycles. The average Bonchev–Trinajstić information content (AvgIpc) is 3.15. The number of nitrogen functional groups attached to an aromatic ring is 1. The van der Waals surface area contributed by atoms with Crippen LogP contribution >= 0.6 is 11.6 Å². The summed E-state index contributed by atoms with van der Waals surface area (Å²) >= 11 is 6.31. The first-order chi connectivity index (χ1) is 12.5. The number of nitrogens with zero attached hydrogens (tertiary/aromatic N) is 3. The van der Waals surface area contributed by atoms with Crippen molar-refractivity contribution in [3.05, 3.63) is 39.6 Å². The van der Waals surface area contributed by atoms with Crippen LogP contribution in [0.2, 0.25) is 5.02 Å². The zero-order chi connectivity index (χ0) is 18.4. The van der Waals surface area contributed by atoms with Crippen molar-refractivity contribution in [3.8, 4) is 11.4 Å². The first-order valence-electron chi connectivity index (χ1n) is 7.96. The Balaban J connectivity index is 1.99. The number of hydrogen-bond acceptors (Lipinski definition) is 7. The molecule has 0 bridgehead atoms. The minimum atomic E-state index is -0.860. The van der Waals surface area contributed by atoms with E-state index >= 15 is 0 Å². The van der Waals surface area contributed by atoms with Crippen molar-refractivity contribution in [1.82, 2.24) is 19.5 Å². The quantitative estimate of drug-likeness (QED) is 0.525. The molecule has 3 aromatic rings. The van der Waals surface area contributed by atoms with E-state index in [1.807, 2.05) is 0 Å². The van der Waals surface area contributed by atoms with Gasteiger partial charge in [0.2, 0.25) is 5.95 Å². The molecule has 1 aromatic carbocycles. The molecule has 0 amide bonds. The second-order valence-corrected chi connectivity index (χ2v) is 6.43. The summed E-state index contributed by atoms with van der Waals surface area (Å²) in [5.41, 5.74) is 6.08. The second kappa shape index (κ2) is 6.36. The van der Waals surface area contributed by atoms with Crippen molar-refractivity contribution in [2.24, 2.45) is 0 Å². The molecule has 0 spiro atoms. The summed E-state index contributed by atoms with van der Waals surface area (Å²) in [5, 5.41) is 19.9. The van der Waals surface area contributed by atoms with Crippen molar-refractivity contribution < 1.29 is 14.9 Å². The zero-order valence-corrected chi connectivity index (χ0v) is 14.2. The van der Waals surface area contributed by atoms with Crippen molar-refractivity contribution in [3.63, 3.8) is 0 Å². The molecule has 1 fully saturated rings. The van der Waals surface area contributed by atoms with Gasteiger partial charge < -0.3 is 20.7 Å². The summed E-state index contributed by atoms with van der Waals surface area (Å²) in [4.78, 5) is 23.3. The number of nitrogens with two attached hydrogens (primary N) is 1. The number of fused-ring (bicyclic) bond motifs is 1. The van der Waals surface area contributed by atoms with E-state index in [2.05, 4.69) is 15.0 Å². The Morgan fingerprint density at radius 2 is 2.15 bits per heavy atom. The predicted octanol–water partition coefficient (Wildman–Crippen LogP) is 0.663. The number of halogens is 1. The number of rotatable bonds is 3. The van der Waals surface area contributed by atoms with Crippen molar-refractivity contribution in [2.75, 3.05) is 12.3 Å². The SMILES string of the molecule is Nc1nc2c(nc(-c3ccccc3Cl)n2[C@H]2C[C@H](O)[C@@H](CO)O2)c(=O)[nH]1. The fraction of sp³-hybridized carbons (Fsp3) is 0.312. The van der Waals surface area contributed by atoms with Crippen LogP contribution in [0.4, 0.5) is 5.95 Å². The number of ether oxygens (including phenoxy) is 1. The molecule has 5 N–H and O–H groups in total. The molecule has 1 aliphatic rings. The molecule has 3 atom stereocenters. The van der Waals surface area contributed by atoms with Gasteiger partial charge in [-0.2, -0.15) is 4.98 Å². The summed E-state index contributed by atoms with van der Waals surface area (Å²) in [6.07, 6.45) is -2.09. The number of nitrogens with one attached hydrogen (secondary N) is 1. The van der Waals surface area contributed by atoms with Gasteiger partial charge in [0.25, 0.3) is 5.56 Å². The topological polar surface area (TPSA) is 139 Å². The van der Waals surface area contributed by atoms with Gasteiger partial charge in [0.15, 0.2) is 11.2 Å². The number of aliphatic hydroxyl groups is 2. The molecule has 136 valence electrons. The van der Waals surface area contributed by atoms with Crippen molar-refractivity contribution >= 4 is 28.7 Å². The molecular formula is C16H16ClN5O4. The molecule has 0 saturated carbocycles. The number of hydrogen-bond donors (Lipinski definition) is 4. The molecule has 10 heteroatoms. The standard InChI is InChI=1S/C16H16ClN5O4/c17-8-4-2-1-3-7(8)13-19-12-14(20-16(18)21-15(12)25)22(13)11-5-9(24)10(6-23)26-11/h1-4,9-11,23-24H,5-6H2,(H3,18,20,21,25)/t9-,10+,11+/m0/s1. The van der Waals surface area contributed by atoms with E-state index in [1.165, 1.54) is 0 Å². The van der Waals surface area contributed by atoms with Crippen molar-refractivity contribution in [2.45, 2.75) is 24.9 Å². The number of imidazole rings is 1. The van der Waals surface area contributed by atoms with Gasteiger partial charge in [0.05, 0.1) is 17.7 Å². The van der Waals surface area contributed by atoms with E-state index < -0.39 is 24.0 Å². The molecule has 3 heterocycles. The molecule has 0 unspecified atom stereocenters. The van der Waals surface area contributed by atoms with Crippen molar-refractivity contribution in [1.29, 1.82) is 0 Å². The second-order valence-electron chi connectivity index (χ2n) is 6.02. The highest BCUT2D eigenvalue weighted by Crippen LogP contribution is 2.36. The lowest BCUT2D eigenvalue weighted by atomic mass is 10.2. The fourth-order valence-electron chi connectivity index (χ4n) is 3.14. The van der Waals surface area contributed by atoms with Gasteiger partial charge in [0.1, 0.15) is 18.2 Å². The maximum Gasteiger partial charge on any atom is 0.280 e. The van der Waals surface area contributed by atoms with Crippen LogP contribution in [0.3, 0.4) is 0 Å². The smallest absolute Gasteiger partial charge is 0.280 e. The largest absolute Gasteiger partial charge is 0.394 e. The Kier molecular flexibility index (Phi) is 4.16. The highest BCUT2D eigenvalue weighted by Gasteiger charge is 2.37. The fourth-order valence-corrected chi connectivity index (χ4v) is 3.36. The third-order valence-corrected chi connectivity index (χ3v) is 4.69. The lowest BCUT2D eigenvalue weighted by Crippen LogP contribution is -2.24. The number of aromatic nitrogens is 4. The predicted molar refractivity (Wildman–Crippen MR) is 94.6 cm³/mol. The van der Waals surface area contributed by atoms with E-state index in [0.717, 1.165) is 0 Å². The van der Waals surface area contributed by atoms with Crippen LogP contribution in [0.15, 0.2) is 29.1 Å². The normalized spacial score (nSPS) is 23.0. The van der Waals surface area contributed by atoms with E-state index in [1.54, 1.807) is 28.8 Å². The molecule has 0 aliphatic carbocycles. The molecule has 26 heavy (non-hydrogen) atoms. The zero-order valence-electron chi connectivity index (χ0n) is 13.5. The third kappa shape index (κ3) is 2.65. The minimum absolute atomic E-state index is 0.0633. The van der Waals surface area contributed by atoms with Gasteiger partial charge in [0, 0.05) is 12.0 Å². The van der Waals surface area contributed by atoms with Crippen LogP contribution in [0, 0.1) is 0 Å². The maximum atomic E-state index is 12.3. The lowest BCUT2D eigenvalue weighted by Gasteiger charge is -2.17. The molecular weight excluding hydrogens is 362 g/mol. The van der Waals surface area contributed by atoms with Crippen LogP contribution in [-0.4, -0.2) is 48.5 Å². The van der Waals surface area contributed by atoms with Gasteiger partial charge in [-0.25, -0.2) is 4.98 Å². The molecule has 1 saturated heterocycles. The summed E-state index contributed by atoms with van der Waals surface area (Å²) in [6.45, 7) is -0.331. The Morgan fingerprint density at radius 1 is 1.38 bits per heavy atom.